The van der Waals surface area contributed by atoms with Gasteiger partial charge in [-0.3, -0.25) is 0 Å². The van der Waals surface area contributed by atoms with E-state index in [0.717, 1.165) is 31.3 Å². The summed E-state index contributed by atoms with van der Waals surface area (Å²) in [5.74, 6) is 0.780. The lowest BCUT2D eigenvalue weighted by molar-refractivity contribution is -0.0223. The van der Waals surface area contributed by atoms with Gasteiger partial charge in [-0.1, -0.05) is 18.6 Å². The van der Waals surface area contributed by atoms with Crippen molar-refractivity contribution in [1.29, 1.82) is 0 Å². The van der Waals surface area contributed by atoms with Gasteiger partial charge in [-0.05, 0) is 30.9 Å². The van der Waals surface area contributed by atoms with Gasteiger partial charge in [0.2, 0.25) is 0 Å². The molecule has 0 spiro atoms. The van der Waals surface area contributed by atoms with Crippen molar-refractivity contribution in [2.45, 2.75) is 25.4 Å². The number of ether oxygens (including phenoxy) is 1. The summed E-state index contributed by atoms with van der Waals surface area (Å²) in [4.78, 5) is 2.38. The van der Waals surface area contributed by atoms with Crippen molar-refractivity contribution in [3.63, 3.8) is 0 Å². The highest BCUT2D eigenvalue weighted by Gasteiger charge is 2.32. The van der Waals surface area contributed by atoms with Crippen LogP contribution in [0.5, 0.6) is 0 Å². The highest BCUT2D eigenvalue weighted by molar-refractivity contribution is 5.67. The molecule has 1 aromatic carbocycles. The van der Waals surface area contributed by atoms with E-state index in [4.69, 9.17) is 10.5 Å². The maximum Gasteiger partial charge on any atom is 0.0778 e. The third kappa shape index (κ3) is 2.12. The van der Waals surface area contributed by atoms with Gasteiger partial charge < -0.3 is 15.4 Å². The highest BCUT2D eigenvalue weighted by atomic mass is 16.5. The van der Waals surface area contributed by atoms with E-state index in [-0.39, 0.29) is 0 Å². The van der Waals surface area contributed by atoms with E-state index in [2.05, 4.69) is 17.0 Å². The second kappa shape index (κ2) is 4.57. The van der Waals surface area contributed by atoms with Crippen LogP contribution < -0.4 is 10.6 Å². The van der Waals surface area contributed by atoms with E-state index < -0.39 is 0 Å². The van der Waals surface area contributed by atoms with Crippen LogP contribution in [0, 0.1) is 5.92 Å². The Bertz CT molecular complexity index is 390. The van der Waals surface area contributed by atoms with Crippen LogP contribution in [-0.2, 0) is 4.74 Å². The maximum atomic E-state index is 6.04. The van der Waals surface area contributed by atoms with E-state index in [0.29, 0.717) is 6.10 Å². The fourth-order valence-electron chi connectivity index (χ4n) is 2.77. The molecule has 1 atom stereocenters. The predicted molar refractivity (Wildman–Crippen MR) is 70.1 cm³/mol. The monoisotopic (exact) mass is 232 g/mol. The van der Waals surface area contributed by atoms with Gasteiger partial charge in [0.15, 0.2) is 0 Å². The van der Waals surface area contributed by atoms with E-state index >= 15 is 0 Å². The lowest BCUT2D eigenvalue weighted by Crippen LogP contribution is -2.47. The quantitative estimate of drug-likeness (QED) is 0.795. The molecule has 2 N–H and O–H groups in total. The Balaban J connectivity index is 1.73. The molecule has 1 saturated heterocycles. The van der Waals surface area contributed by atoms with Crippen LogP contribution in [0.3, 0.4) is 0 Å². The Morgan fingerprint density at radius 2 is 2.06 bits per heavy atom. The van der Waals surface area contributed by atoms with Crippen LogP contribution in [0.15, 0.2) is 24.3 Å². The van der Waals surface area contributed by atoms with Gasteiger partial charge in [-0.2, -0.15) is 0 Å². The molecule has 3 nitrogen and oxygen atoms in total. The molecule has 1 aliphatic heterocycles. The van der Waals surface area contributed by atoms with E-state index in [1.165, 1.54) is 24.9 Å². The molecule has 1 heterocycles. The smallest absolute Gasteiger partial charge is 0.0778 e. The van der Waals surface area contributed by atoms with Crippen LogP contribution in [0.1, 0.15) is 19.3 Å². The van der Waals surface area contributed by atoms with Gasteiger partial charge in [0.1, 0.15) is 0 Å². The van der Waals surface area contributed by atoms with Crippen molar-refractivity contribution in [1.82, 2.24) is 0 Å². The second-order valence-electron chi connectivity index (χ2n) is 5.11. The number of anilines is 2. The van der Waals surface area contributed by atoms with Gasteiger partial charge in [-0.25, -0.2) is 0 Å². The number of rotatable bonds is 2. The second-order valence-corrected chi connectivity index (χ2v) is 5.11. The molecule has 92 valence electrons. The highest BCUT2D eigenvalue weighted by Crippen LogP contribution is 2.34. The third-order valence-electron chi connectivity index (χ3n) is 4.05. The Morgan fingerprint density at radius 3 is 2.76 bits per heavy atom. The molecule has 1 saturated carbocycles. The average Bonchev–Trinajstić information content (AvgIpc) is 2.28. The van der Waals surface area contributed by atoms with Gasteiger partial charge in [0.05, 0.1) is 24.1 Å². The molecule has 17 heavy (non-hydrogen) atoms. The maximum absolute atomic E-state index is 6.04. The first kappa shape index (κ1) is 10.9. The van der Waals surface area contributed by atoms with Crippen molar-refractivity contribution in [2.24, 2.45) is 5.92 Å². The van der Waals surface area contributed by atoms with Crippen molar-refractivity contribution in [2.75, 3.05) is 30.3 Å². The lowest BCUT2D eigenvalue weighted by atomic mass is 9.80. The molecule has 1 aliphatic carbocycles. The molecule has 1 unspecified atom stereocenters. The van der Waals surface area contributed by atoms with Crippen molar-refractivity contribution < 1.29 is 4.74 Å². The first-order valence-electron chi connectivity index (χ1n) is 6.55. The average molecular weight is 232 g/mol. The summed E-state index contributed by atoms with van der Waals surface area (Å²) in [5.41, 5.74) is 8.08. The van der Waals surface area contributed by atoms with Gasteiger partial charge in [0.25, 0.3) is 0 Å². The number of morpholine rings is 1. The molecular formula is C14H20N2O. The van der Waals surface area contributed by atoms with E-state index in [1.807, 2.05) is 12.1 Å². The van der Waals surface area contributed by atoms with Crippen LogP contribution in [0.25, 0.3) is 0 Å². The molecular weight excluding hydrogens is 212 g/mol. The Morgan fingerprint density at radius 1 is 1.24 bits per heavy atom. The zero-order valence-electron chi connectivity index (χ0n) is 10.1. The van der Waals surface area contributed by atoms with Crippen LogP contribution in [0.4, 0.5) is 11.4 Å². The minimum Gasteiger partial charge on any atom is -0.397 e. The molecule has 1 aromatic rings. The minimum absolute atomic E-state index is 0.414. The van der Waals surface area contributed by atoms with Crippen LogP contribution >= 0.6 is 0 Å². The summed E-state index contributed by atoms with van der Waals surface area (Å²) in [6.45, 7) is 2.78. The number of para-hydroxylation sites is 2. The zero-order chi connectivity index (χ0) is 11.7. The Kier molecular flexibility index (Phi) is 2.93. The SMILES string of the molecule is Nc1ccccc1N1CCOC(C2CCC2)C1. The van der Waals surface area contributed by atoms with Crippen molar-refractivity contribution in [3.8, 4) is 0 Å². The molecule has 0 radical (unpaired) electrons. The number of benzene rings is 1. The van der Waals surface area contributed by atoms with E-state index in [9.17, 15) is 0 Å². The predicted octanol–water partition coefficient (Wildman–Crippen LogP) is 2.27. The van der Waals surface area contributed by atoms with Gasteiger partial charge in [0, 0.05) is 13.1 Å². The standard InChI is InChI=1S/C14H20N2O/c15-12-6-1-2-7-13(12)16-8-9-17-14(10-16)11-4-3-5-11/h1-2,6-7,11,14H,3-5,8-10,15H2. The Hall–Kier alpha value is -1.22. The fourth-order valence-corrected chi connectivity index (χ4v) is 2.77. The van der Waals surface area contributed by atoms with Crippen LogP contribution in [-0.4, -0.2) is 25.8 Å². The summed E-state index contributed by atoms with van der Waals surface area (Å²) in [7, 11) is 0. The Labute approximate surface area is 103 Å². The zero-order valence-corrected chi connectivity index (χ0v) is 10.1. The first-order valence-corrected chi connectivity index (χ1v) is 6.55. The third-order valence-corrected chi connectivity index (χ3v) is 4.05. The topological polar surface area (TPSA) is 38.5 Å². The van der Waals surface area contributed by atoms with Crippen molar-refractivity contribution in [3.05, 3.63) is 24.3 Å². The van der Waals surface area contributed by atoms with E-state index in [1.54, 1.807) is 0 Å². The summed E-state index contributed by atoms with van der Waals surface area (Å²) < 4.78 is 5.89. The largest absolute Gasteiger partial charge is 0.397 e. The van der Waals surface area contributed by atoms with Crippen LogP contribution in [0.2, 0.25) is 0 Å². The molecule has 2 aliphatic rings. The number of nitrogens with two attached hydrogens (primary N) is 1. The summed E-state index contributed by atoms with van der Waals surface area (Å²) in [6, 6.07) is 8.13. The van der Waals surface area contributed by atoms with Gasteiger partial charge in [-0.15, -0.1) is 0 Å². The molecule has 0 bridgehead atoms. The number of nitrogen functional groups attached to an aromatic ring is 1. The summed E-state index contributed by atoms with van der Waals surface area (Å²) in [6.07, 6.45) is 4.46. The molecule has 0 amide bonds. The lowest BCUT2D eigenvalue weighted by Gasteiger charge is -2.41. The normalized spacial score (nSPS) is 25.6. The summed E-state index contributed by atoms with van der Waals surface area (Å²) >= 11 is 0. The summed E-state index contributed by atoms with van der Waals surface area (Å²) in [5, 5.41) is 0. The minimum atomic E-state index is 0.414. The number of nitrogens with zero attached hydrogens (tertiary/aromatic N) is 1. The molecule has 0 aromatic heterocycles. The van der Waals surface area contributed by atoms with Gasteiger partial charge >= 0.3 is 0 Å². The molecule has 3 heteroatoms. The number of hydrogen-bond acceptors (Lipinski definition) is 3. The first-order chi connectivity index (χ1) is 8.34. The molecule has 3 rings (SSSR count). The molecule has 2 fully saturated rings. The number of hydrogen-bond donors (Lipinski definition) is 1. The van der Waals surface area contributed by atoms with Crippen molar-refractivity contribution >= 4 is 11.4 Å². The fraction of sp³-hybridized carbons (Fsp3) is 0.571.